The number of amides is 1. The summed E-state index contributed by atoms with van der Waals surface area (Å²) >= 11 is 0. The van der Waals surface area contributed by atoms with Gasteiger partial charge in [0.15, 0.2) is 0 Å². The summed E-state index contributed by atoms with van der Waals surface area (Å²) in [7, 11) is 3.11. The fourth-order valence-electron chi connectivity index (χ4n) is 2.52. The zero-order valence-electron chi connectivity index (χ0n) is 12.3. The van der Waals surface area contributed by atoms with E-state index in [2.05, 4.69) is 5.32 Å². The minimum Gasteiger partial charge on any atom is -0.497 e. The fraction of sp³-hybridized carbons (Fsp3) is 0.467. The minimum atomic E-state index is -0.681. The smallest absolute Gasteiger partial charge is 0.329 e. The molecule has 1 aromatic rings. The van der Waals surface area contributed by atoms with Gasteiger partial charge in [0, 0.05) is 24.0 Å². The predicted molar refractivity (Wildman–Crippen MR) is 75.5 cm³/mol. The lowest BCUT2D eigenvalue weighted by molar-refractivity contribution is -0.146. The van der Waals surface area contributed by atoms with Crippen molar-refractivity contribution >= 4 is 11.9 Å². The molecule has 2 atom stereocenters. The van der Waals surface area contributed by atoms with E-state index in [0.29, 0.717) is 11.5 Å². The Morgan fingerprint density at radius 2 is 2.10 bits per heavy atom. The molecule has 0 radical (unpaired) electrons. The molecule has 1 aliphatic rings. The number of hydrogen-bond acceptors (Lipinski definition) is 5. The first-order chi connectivity index (χ1) is 10.1. The van der Waals surface area contributed by atoms with E-state index in [-0.39, 0.29) is 24.9 Å². The molecule has 1 fully saturated rings. The number of ether oxygens (including phenoxy) is 3. The third-order valence-corrected chi connectivity index (χ3v) is 3.50. The van der Waals surface area contributed by atoms with Crippen molar-refractivity contribution in [1.29, 1.82) is 0 Å². The molecule has 1 heterocycles. The second-order valence-corrected chi connectivity index (χ2v) is 4.72. The number of rotatable bonds is 5. The Morgan fingerprint density at radius 3 is 2.71 bits per heavy atom. The molecule has 0 spiro atoms. The Morgan fingerprint density at radius 1 is 1.33 bits per heavy atom. The van der Waals surface area contributed by atoms with Crippen LogP contribution in [0.4, 0.5) is 0 Å². The lowest BCUT2D eigenvalue weighted by atomic mass is 9.91. The van der Waals surface area contributed by atoms with Crippen LogP contribution in [0.1, 0.15) is 24.8 Å². The lowest BCUT2D eigenvalue weighted by Gasteiger charge is -2.20. The van der Waals surface area contributed by atoms with Crippen LogP contribution in [0, 0.1) is 0 Å². The Kier molecular flexibility index (Phi) is 4.67. The van der Waals surface area contributed by atoms with Crippen LogP contribution in [0.3, 0.4) is 0 Å². The first kappa shape index (κ1) is 15.2. The summed E-state index contributed by atoms with van der Waals surface area (Å²) in [5.74, 6) is 0.338. The summed E-state index contributed by atoms with van der Waals surface area (Å²) in [5, 5.41) is 2.67. The van der Waals surface area contributed by atoms with Gasteiger partial charge in [0.1, 0.15) is 17.5 Å². The van der Waals surface area contributed by atoms with Crippen LogP contribution >= 0.6 is 0 Å². The molecule has 2 unspecified atom stereocenters. The lowest BCUT2D eigenvalue weighted by Crippen LogP contribution is -2.37. The maximum atomic E-state index is 12.0. The second kappa shape index (κ2) is 6.47. The van der Waals surface area contributed by atoms with Crippen LogP contribution in [0.15, 0.2) is 18.2 Å². The van der Waals surface area contributed by atoms with Crippen molar-refractivity contribution in [3.05, 3.63) is 23.8 Å². The molecule has 1 amide bonds. The maximum absolute atomic E-state index is 12.0. The average Bonchev–Trinajstić information content (AvgIpc) is 2.88. The van der Waals surface area contributed by atoms with Crippen LogP contribution < -0.4 is 14.8 Å². The van der Waals surface area contributed by atoms with Gasteiger partial charge >= 0.3 is 5.97 Å². The molecule has 0 aliphatic carbocycles. The van der Waals surface area contributed by atoms with E-state index >= 15 is 0 Å². The summed E-state index contributed by atoms with van der Waals surface area (Å²) < 4.78 is 15.5. The molecule has 0 bridgehead atoms. The van der Waals surface area contributed by atoms with Crippen molar-refractivity contribution in [2.75, 3.05) is 20.8 Å². The van der Waals surface area contributed by atoms with Crippen molar-refractivity contribution < 1.29 is 23.8 Å². The number of esters is 1. The molecular weight excluding hydrogens is 274 g/mol. The number of carbonyl (C=O) groups is 2. The molecule has 1 saturated heterocycles. The summed E-state index contributed by atoms with van der Waals surface area (Å²) in [5.41, 5.74) is 0.787. The van der Waals surface area contributed by atoms with Crippen LogP contribution in [0.2, 0.25) is 0 Å². The third-order valence-electron chi connectivity index (χ3n) is 3.50. The van der Waals surface area contributed by atoms with Gasteiger partial charge in [-0.1, -0.05) is 6.07 Å². The average molecular weight is 293 g/mol. The first-order valence-corrected chi connectivity index (χ1v) is 6.78. The van der Waals surface area contributed by atoms with Crippen LogP contribution in [0.5, 0.6) is 11.5 Å². The highest BCUT2D eigenvalue weighted by molar-refractivity contribution is 5.90. The van der Waals surface area contributed by atoms with E-state index in [0.717, 1.165) is 5.56 Å². The number of hydrogen-bond donors (Lipinski definition) is 1. The second-order valence-electron chi connectivity index (χ2n) is 4.72. The van der Waals surface area contributed by atoms with E-state index in [4.69, 9.17) is 14.2 Å². The molecule has 2 rings (SSSR count). The fourth-order valence-corrected chi connectivity index (χ4v) is 2.52. The Bertz CT molecular complexity index is 543. The molecule has 0 aromatic heterocycles. The minimum absolute atomic E-state index is 0.170. The highest BCUT2D eigenvalue weighted by Crippen LogP contribution is 2.37. The SMILES string of the molecule is CCOC(=O)C1NC(=O)CC1c1ccc(OC)cc1OC. The molecule has 21 heavy (non-hydrogen) atoms. The summed E-state index contributed by atoms with van der Waals surface area (Å²) in [6.45, 7) is 2.01. The zero-order chi connectivity index (χ0) is 15.4. The van der Waals surface area contributed by atoms with Gasteiger partial charge in [-0.3, -0.25) is 4.79 Å². The van der Waals surface area contributed by atoms with Gasteiger partial charge in [0.2, 0.25) is 5.91 Å². The molecule has 1 aromatic carbocycles. The van der Waals surface area contributed by atoms with Crippen molar-refractivity contribution in [2.24, 2.45) is 0 Å². The zero-order valence-corrected chi connectivity index (χ0v) is 12.3. The van der Waals surface area contributed by atoms with Gasteiger partial charge in [0.25, 0.3) is 0 Å². The monoisotopic (exact) mass is 293 g/mol. The molecule has 1 N–H and O–H groups in total. The van der Waals surface area contributed by atoms with Crippen molar-refractivity contribution in [3.63, 3.8) is 0 Å². The Hall–Kier alpha value is -2.24. The summed E-state index contributed by atoms with van der Waals surface area (Å²) in [6, 6.07) is 4.65. The van der Waals surface area contributed by atoms with Gasteiger partial charge in [-0.2, -0.15) is 0 Å². The van der Waals surface area contributed by atoms with Gasteiger partial charge in [-0.25, -0.2) is 4.79 Å². The largest absolute Gasteiger partial charge is 0.497 e. The van der Waals surface area contributed by atoms with Crippen molar-refractivity contribution in [3.8, 4) is 11.5 Å². The van der Waals surface area contributed by atoms with E-state index in [1.807, 2.05) is 6.07 Å². The van der Waals surface area contributed by atoms with Gasteiger partial charge < -0.3 is 19.5 Å². The number of methoxy groups -OCH3 is 2. The van der Waals surface area contributed by atoms with Crippen LogP contribution in [-0.4, -0.2) is 38.7 Å². The van der Waals surface area contributed by atoms with Gasteiger partial charge in [0.05, 0.1) is 20.8 Å². The van der Waals surface area contributed by atoms with Crippen molar-refractivity contribution in [1.82, 2.24) is 5.32 Å². The third kappa shape index (κ3) is 3.09. The first-order valence-electron chi connectivity index (χ1n) is 6.78. The normalized spacial score (nSPS) is 20.8. The standard InChI is InChI=1S/C15H19NO5/c1-4-21-15(18)14-11(8-13(17)16-14)10-6-5-9(19-2)7-12(10)20-3/h5-7,11,14H,4,8H2,1-3H3,(H,16,17). The predicted octanol–water partition coefficient (Wildman–Crippen LogP) is 1.24. The molecular formula is C15H19NO5. The highest BCUT2D eigenvalue weighted by Gasteiger charge is 2.40. The number of carbonyl (C=O) groups excluding carboxylic acids is 2. The maximum Gasteiger partial charge on any atom is 0.329 e. The Balaban J connectivity index is 2.34. The van der Waals surface area contributed by atoms with E-state index in [1.165, 1.54) is 0 Å². The van der Waals surface area contributed by atoms with Crippen LogP contribution in [-0.2, 0) is 14.3 Å². The number of nitrogens with one attached hydrogen (secondary N) is 1. The van der Waals surface area contributed by atoms with E-state index in [9.17, 15) is 9.59 Å². The van der Waals surface area contributed by atoms with Crippen LogP contribution in [0.25, 0.3) is 0 Å². The summed E-state index contributed by atoms with van der Waals surface area (Å²) in [4.78, 5) is 23.7. The Labute approximate surface area is 123 Å². The van der Waals surface area contributed by atoms with Gasteiger partial charge in [-0.05, 0) is 13.0 Å². The molecule has 6 nitrogen and oxygen atoms in total. The molecule has 6 heteroatoms. The topological polar surface area (TPSA) is 73.9 Å². The van der Waals surface area contributed by atoms with Gasteiger partial charge in [-0.15, -0.1) is 0 Å². The quantitative estimate of drug-likeness (QED) is 0.827. The van der Waals surface area contributed by atoms with E-state index in [1.54, 1.807) is 33.3 Å². The highest BCUT2D eigenvalue weighted by atomic mass is 16.5. The molecule has 1 aliphatic heterocycles. The van der Waals surface area contributed by atoms with Crippen molar-refractivity contribution in [2.45, 2.75) is 25.3 Å². The van der Waals surface area contributed by atoms with E-state index < -0.39 is 12.0 Å². The summed E-state index contributed by atoms with van der Waals surface area (Å²) in [6.07, 6.45) is 0.228. The molecule has 114 valence electrons. The number of benzene rings is 1. The molecule has 0 saturated carbocycles.